The van der Waals surface area contributed by atoms with E-state index in [0.29, 0.717) is 13.1 Å². The topological polar surface area (TPSA) is 61.4 Å². The highest BCUT2D eigenvalue weighted by Crippen LogP contribution is 2.47. The summed E-state index contributed by atoms with van der Waals surface area (Å²) in [6, 6.07) is 9.67. The largest absolute Gasteiger partial charge is 0.396 e. The second-order valence-corrected chi connectivity index (χ2v) is 4.97. The standard InChI is InChI=1S/C14H20N2O2/c17-9-8-14(6-7-14)11-16-13(18)10-15-12-4-2-1-3-5-12/h1-5,15,17H,6-11H2,(H,16,18). The molecule has 4 heteroatoms. The summed E-state index contributed by atoms with van der Waals surface area (Å²) in [5, 5.41) is 14.9. The van der Waals surface area contributed by atoms with Gasteiger partial charge in [0.1, 0.15) is 0 Å². The van der Waals surface area contributed by atoms with Gasteiger partial charge in [0.05, 0.1) is 6.54 Å². The van der Waals surface area contributed by atoms with Crippen molar-refractivity contribution in [2.24, 2.45) is 5.41 Å². The van der Waals surface area contributed by atoms with Crippen molar-refractivity contribution in [3.8, 4) is 0 Å². The van der Waals surface area contributed by atoms with Crippen molar-refractivity contribution in [1.29, 1.82) is 0 Å². The first kappa shape index (κ1) is 12.9. The molecule has 1 aromatic rings. The van der Waals surface area contributed by atoms with E-state index in [4.69, 9.17) is 5.11 Å². The summed E-state index contributed by atoms with van der Waals surface area (Å²) in [5.41, 5.74) is 1.13. The molecule has 0 saturated heterocycles. The summed E-state index contributed by atoms with van der Waals surface area (Å²) >= 11 is 0. The van der Waals surface area contributed by atoms with Gasteiger partial charge in [-0.3, -0.25) is 4.79 Å². The van der Waals surface area contributed by atoms with Crippen LogP contribution in [-0.4, -0.2) is 30.7 Å². The molecule has 1 aliphatic carbocycles. The fourth-order valence-electron chi connectivity index (χ4n) is 2.02. The average Bonchev–Trinajstić information content (AvgIpc) is 3.16. The van der Waals surface area contributed by atoms with Gasteiger partial charge in [0.25, 0.3) is 0 Å². The Bertz CT molecular complexity index is 388. The molecule has 0 heterocycles. The van der Waals surface area contributed by atoms with Crippen molar-refractivity contribution in [3.63, 3.8) is 0 Å². The number of carbonyl (C=O) groups is 1. The monoisotopic (exact) mass is 248 g/mol. The predicted molar refractivity (Wildman–Crippen MR) is 71.3 cm³/mol. The van der Waals surface area contributed by atoms with E-state index in [1.54, 1.807) is 0 Å². The number of carbonyl (C=O) groups excluding carboxylic acids is 1. The first-order chi connectivity index (χ1) is 8.74. The lowest BCUT2D eigenvalue weighted by atomic mass is 10.0. The van der Waals surface area contributed by atoms with Crippen LogP contribution in [0.25, 0.3) is 0 Å². The molecule has 3 N–H and O–H groups in total. The third-order valence-electron chi connectivity index (χ3n) is 3.49. The Balaban J connectivity index is 1.67. The van der Waals surface area contributed by atoms with Gasteiger partial charge in [0, 0.05) is 18.8 Å². The lowest BCUT2D eigenvalue weighted by Gasteiger charge is -2.14. The Morgan fingerprint density at radius 1 is 1.28 bits per heavy atom. The Morgan fingerprint density at radius 2 is 2.00 bits per heavy atom. The molecule has 2 rings (SSSR count). The number of para-hydroxylation sites is 1. The van der Waals surface area contributed by atoms with Crippen LogP contribution >= 0.6 is 0 Å². The molecule has 1 fully saturated rings. The van der Waals surface area contributed by atoms with Gasteiger partial charge >= 0.3 is 0 Å². The lowest BCUT2D eigenvalue weighted by Crippen LogP contribution is -2.34. The number of rotatable bonds is 7. The molecule has 1 amide bonds. The third kappa shape index (κ3) is 3.74. The van der Waals surface area contributed by atoms with Crippen molar-refractivity contribution >= 4 is 11.6 Å². The van der Waals surface area contributed by atoms with Crippen molar-refractivity contribution < 1.29 is 9.90 Å². The number of hydrogen-bond donors (Lipinski definition) is 3. The van der Waals surface area contributed by atoms with Crippen molar-refractivity contribution in [2.75, 3.05) is 25.0 Å². The second-order valence-electron chi connectivity index (χ2n) is 4.97. The van der Waals surface area contributed by atoms with E-state index in [9.17, 15) is 4.79 Å². The summed E-state index contributed by atoms with van der Waals surface area (Å²) in [7, 11) is 0. The molecule has 0 aliphatic heterocycles. The van der Waals surface area contributed by atoms with Gasteiger partial charge in [0.2, 0.25) is 5.91 Å². The maximum absolute atomic E-state index is 11.7. The molecule has 98 valence electrons. The van der Waals surface area contributed by atoms with E-state index < -0.39 is 0 Å². The zero-order valence-corrected chi connectivity index (χ0v) is 10.5. The predicted octanol–water partition coefficient (Wildman–Crippen LogP) is 1.38. The van der Waals surface area contributed by atoms with Crippen LogP contribution < -0.4 is 10.6 Å². The van der Waals surface area contributed by atoms with E-state index >= 15 is 0 Å². The highest BCUT2D eigenvalue weighted by molar-refractivity contribution is 5.80. The van der Waals surface area contributed by atoms with Crippen LogP contribution in [0.5, 0.6) is 0 Å². The molecule has 1 aliphatic rings. The quantitative estimate of drug-likeness (QED) is 0.683. The van der Waals surface area contributed by atoms with Gasteiger partial charge in [0.15, 0.2) is 0 Å². The highest BCUT2D eigenvalue weighted by Gasteiger charge is 2.41. The number of anilines is 1. The fraction of sp³-hybridized carbons (Fsp3) is 0.500. The number of aliphatic hydroxyl groups excluding tert-OH is 1. The van der Waals surface area contributed by atoms with Gasteiger partial charge in [-0.25, -0.2) is 0 Å². The van der Waals surface area contributed by atoms with Gasteiger partial charge in [-0.05, 0) is 36.8 Å². The number of nitrogens with one attached hydrogen (secondary N) is 2. The van der Waals surface area contributed by atoms with Crippen LogP contribution in [0.15, 0.2) is 30.3 Å². The summed E-state index contributed by atoms with van der Waals surface area (Å²) in [6.07, 6.45) is 3.01. The summed E-state index contributed by atoms with van der Waals surface area (Å²) < 4.78 is 0. The molecule has 0 unspecified atom stereocenters. The molecule has 1 aromatic carbocycles. The lowest BCUT2D eigenvalue weighted by molar-refractivity contribution is -0.119. The van der Waals surface area contributed by atoms with Gasteiger partial charge in [-0.1, -0.05) is 18.2 Å². The number of aliphatic hydroxyl groups is 1. The zero-order valence-electron chi connectivity index (χ0n) is 10.5. The summed E-state index contributed by atoms with van der Waals surface area (Å²) in [5.74, 6) is 0.00284. The Kier molecular flexibility index (Phi) is 4.20. The van der Waals surface area contributed by atoms with E-state index in [1.165, 1.54) is 0 Å². The van der Waals surface area contributed by atoms with Crippen molar-refractivity contribution in [1.82, 2.24) is 5.32 Å². The molecule has 0 bridgehead atoms. The minimum absolute atomic E-state index is 0.00284. The minimum Gasteiger partial charge on any atom is -0.396 e. The molecule has 18 heavy (non-hydrogen) atoms. The maximum Gasteiger partial charge on any atom is 0.239 e. The normalized spacial score (nSPS) is 16.1. The van der Waals surface area contributed by atoms with Crippen LogP contribution in [0.3, 0.4) is 0 Å². The molecule has 1 saturated carbocycles. The molecule has 0 radical (unpaired) electrons. The van der Waals surface area contributed by atoms with Crippen LogP contribution in [0.2, 0.25) is 0 Å². The van der Waals surface area contributed by atoms with Crippen molar-refractivity contribution in [2.45, 2.75) is 19.3 Å². The van der Waals surface area contributed by atoms with Crippen molar-refractivity contribution in [3.05, 3.63) is 30.3 Å². The molecule has 0 aromatic heterocycles. The molecule has 0 atom stereocenters. The van der Waals surface area contributed by atoms with Crippen LogP contribution in [0, 0.1) is 5.41 Å². The number of benzene rings is 1. The Morgan fingerprint density at radius 3 is 2.61 bits per heavy atom. The SMILES string of the molecule is O=C(CNc1ccccc1)NCC1(CCO)CC1. The number of hydrogen-bond acceptors (Lipinski definition) is 3. The minimum atomic E-state index is 0.00284. The van der Waals surface area contributed by atoms with Gasteiger partial charge in [-0.15, -0.1) is 0 Å². The van der Waals surface area contributed by atoms with E-state index in [1.807, 2.05) is 30.3 Å². The zero-order chi connectivity index (χ0) is 12.8. The fourth-order valence-corrected chi connectivity index (χ4v) is 2.02. The van der Waals surface area contributed by atoms with Gasteiger partial charge in [-0.2, -0.15) is 0 Å². The molecular formula is C14H20N2O2. The first-order valence-corrected chi connectivity index (χ1v) is 6.41. The summed E-state index contributed by atoms with van der Waals surface area (Å²) in [6.45, 7) is 1.18. The van der Waals surface area contributed by atoms with Crippen LogP contribution in [0.4, 0.5) is 5.69 Å². The number of amides is 1. The van der Waals surface area contributed by atoms with Crippen LogP contribution in [0.1, 0.15) is 19.3 Å². The van der Waals surface area contributed by atoms with Crippen LogP contribution in [-0.2, 0) is 4.79 Å². The van der Waals surface area contributed by atoms with Gasteiger partial charge < -0.3 is 15.7 Å². The third-order valence-corrected chi connectivity index (χ3v) is 3.49. The smallest absolute Gasteiger partial charge is 0.239 e. The molecular weight excluding hydrogens is 228 g/mol. The maximum atomic E-state index is 11.7. The van der Waals surface area contributed by atoms with E-state index in [-0.39, 0.29) is 17.9 Å². The summed E-state index contributed by atoms with van der Waals surface area (Å²) in [4.78, 5) is 11.7. The molecule has 4 nitrogen and oxygen atoms in total. The van der Waals surface area contributed by atoms with E-state index in [2.05, 4.69) is 10.6 Å². The molecule has 0 spiro atoms. The first-order valence-electron chi connectivity index (χ1n) is 6.41. The second kappa shape index (κ2) is 5.87. The van der Waals surface area contributed by atoms with E-state index in [0.717, 1.165) is 24.9 Å². The highest BCUT2D eigenvalue weighted by atomic mass is 16.3. The average molecular weight is 248 g/mol. The Hall–Kier alpha value is -1.55. The Labute approximate surface area is 107 Å².